The van der Waals surface area contributed by atoms with Crippen molar-refractivity contribution in [3.05, 3.63) is 0 Å². The molecule has 0 bridgehead atoms. The average Bonchev–Trinajstić information content (AvgIpc) is 2.72. The van der Waals surface area contributed by atoms with Crippen LogP contribution in [0.2, 0.25) is 0 Å². The Balaban J connectivity index is 2.72. The first-order chi connectivity index (χ1) is 9.95. The van der Waals surface area contributed by atoms with Crippen LogP contribution in [0.25, 0.3) is 0 Å². The minimum absolute atomic E-state index is 0.0744. The van der Waals surface area contributed by atoms with Crippen molar-refractivity contribution in [2.24, 2.45) is 0 Å². The molecule has 10 heteroatoms. The van der Waals surface area contributed by atoms with E-state index in [1.807, 2.05) is 0 Å². The minimum Gasteiger partial charge on any atom is -0.394 e. The fourth-order valence-electron chi connectivity index (χ4n) is 1.75. The summed E-state index contributed by atoms with van der Waals surface area (Å²) in [7, 11) is 1.21. The summed E-state index contributed by atoms with van der Waals surface area (Å²) in [4.78, 5) is 9.57. The molecule has 0 aromatic rings. The van der Waals surface area contributed by atoms with E-state index in [2.05, 4.69) is 10.4 Å². The number of phosphoric acid groups is 1. The molecule has 2 N–H and O–H groups in total. The number of hydrogen-bond acceptors (Lipinski definition) is 7. The molecule has 5 atom stereocenters. The third kappa shape index (κ3) is 5.42. The van der Waals surface area contributed by atoms with Gasteiger partial charge in [-0.05, 0) is 0 Å². The summed E-state index contributed by atoms with van der Waals surface area (Å²) in [5.41, 5.74) is 0. The van der Waals surface area contributed by atoms with E-state index >= 15 is 0 Å². The summed E-state index contributed by atoms with van der Waals surface area (Å²) in [5.74, 6) is 2.22. The molecule has 0 aromatic carbocycles. The van der Waals surface area contributed by atoms with Gasteiger partial charge in [0.2, 0.25) is 0 Å². The quantitative estimate of drug-likeness (QED) is 0.261. The highest BCUT2D eigenvalue weighted by Crippen LogP contribution is 2.47. The summed E-state index contributed by atoms with van der Waals surface area (Å²) in [6, 6.07) is 0.781. The molecular weight excluding hydrogens is 300 g/mol. The topological polar surface area (TPSA) is 118 Å². The van der Waals surface area contributed by atoms with Gasteiger partial charge in [0.25, 0.3) is 0 Å². The van der Waals surface area contributed by atoms with Crippen molar-refractivity contribution in [3.8, 4) is 18.4 Å². The van der Waals surface area contributed by atoms with Crippen molar-refractivity contribution in [1.29, 1.82) is 5.26 Å². The van der Waals surface area contributed by atoms with E-state index in [0.29, 0.717) is 0 Å². The van der Waals surface area contributed by atoms with Crippen LogP contribution in [0.4, 0.5) is 0 Å². The van der Waals surface area contributed by atoms with Gasteiger partial charge in [0.1, 0.15) is 32.8 Å². The maximum Gasteiger partial charge on any atom is 0.472 e. The summed E-state index contributed by atoms with van der Waals surface area (Å²) in [6.07, 6.45) is 1.98. The van der Waals surface area contributed by atoms with Gasteiger partial charge in [-0.15, -0.1) is 6.42 Å². The van der Waals surface area contributed by atoms with E-state index in [1.54, 1.807) is 6.07 Å². The van der Waals surface area contributed by atoms with Crippen LogP contribution in [0.1, 0.15) is 6.42 Å². The highest BCUT2D eigenvalue weighted by Gasteiger charge is 2.47. The molecule has 8 nitrogen and oxygen atoms in total. The Morgan fingerprint density at radius 3 is 2.76 bits per heavy atom. The van der Waals surface area contributed by atoms with Crippen LogP contribution in [0.3, 0.4) is 0 Å². The van der Waals surface area contributed by atoms with Crippen molar-refractivity contribution >= 4 is 15.7 Å². The smallest absolute Gasteiger partial charge is 0.394 e. The lowest BCUT2D eigenvalue weighted by molar-refractivity contribution is -0.0237. The Morgan fingerprint density at radius 2 is 2.19 bits per heavy atom. The number of terminal acetylenes is 1. The molecule has 1 aliphatic rings. The van der Waals surface area contributed by atoms with Gasteiger partial charge in [-0.3, -0.25) is 9.05 Å². The highest BCUT2D eigenvalue weighted by atomic mass is 31.2. The molecule has 0 saturated carbocycles. The molecule has 3 unspecified atom stereocenters. The molecule has 0 amide bonds. The number of ether oxygens (including phenoxy) is 2. The van der Waals surface area contributed by atoms with Crippen LogP contribution in [0, 0.1) is 23.7 Å². The normalized spacial score (nSPS) is 31.2. The summed E-state index contributed by atoms with van der Waals surface area (Å²) in [5, 5.41) is 17.5. The van der Waals surface area contributed by atoms with Gasteiger partial charge >= 0.3 is 7.82 Å². The van der Waals surface area contributed by atoms with Gasteiger partial charge in [0.05, 0.1) is 25.7 Å². The zero-order chi connectivity index (χ0) is 15.9. The van der Waals surface area contributed by atoms with E-state index in [1.165, 1.54) is 0 Å². The molecule has 0 aliphatic carbocycles. The lowest BCUT2D eigenvalue weighted by Gasteiger charge is -2.24. The fraction of sp³-hybridized carbons (Fsp3) is 0.727. The average molecular weight is 315 g/mol. The Hall–Kier alpha value is -0.895. The molecule has 1 rings (SSSR count). The first-order valence-corrected chi connectivity index (χ1v) is 7.54. The Labute approximate surface area is 124 Å². The van der Waals surface area contributed by atoms with Gasteiger partial charge in [-0.25, -0.2) is 4.57 Å². The lowest BCUT2D eigenvalue weighted by Crippen LogP contribution is -2.38. The largest absolute Gasteiger partial charge is 0.472 e. The third-order valence-electron chi connectivity index (χ3n) is 2.61. The van der Waals surface area contributed by atoms with E-state index in [9.17, 15) is 14.6 Å². The molecule has 1 heterocycles. The van der Waals surface area contributed by atoms with Crippen molar-refractivity contribution in [1.82, 2.24) is 0 Å². The van der Waals surface area contributed by atoms with Crippen molar-refractivity contribution in [2.75, 3.05) is 19.8 Å². The lowest BCUT2D eigenvalue weighted by atomic mass is 9.93. The Kier molecular flexibility index (Phi) is 7.37. The van der Waals surface area contributed by atoms with Crippen LogP contribution in [-0.2, 0) is 23.1 Å². The Morgan fingerprint density at radius 1 is 1.48 bits per heavy atom. The summed E-state index contributed by atoms with van der Waals surface area (Å²) < 4.78 is 31.7. The number of phosphoric ester groups is 1. The third-order valence-corrected chi connectivity index (χ3v) is 3.63. The minimum atomic E-state index is -4.45. The molecule has 114 valence electrons. The standard InChI is InChI=1S/C11H15BNO7P/c1-2-5-17-10-9(8(7-14)19-11(10)12)20-21(15,16)18-6-3-4-13/h1,8-11,14H,3,5-7H2,(H,15,16)/t8-,9?,10?,11-/m1/s1. The molecule has 2 radical (unpaired) electrons. The summed E-state index contributed by atoms with van der Waals surface area (Å²) >= 11 is 0. The number of nitriles is 1. The van der Waals surface area contributed by atoms with Crippen LogP contribution in [-0.4, -0.2) is 62.0 Å². The van der Waals surface area contributed by atoms with E-state index < -0.39 is 38.7 Å². The van der Waals surface area contributed by atoms with Crippen LogP contribution >= 0.6 is 7.82 Å². The molecule has 1 aliphatic heterocycles. The van der Waals surface area contributed by atoms with Gasteiger partial charge < -0.3 is 19.5 Å². The molecule has 0 spiro atoms. The molecule has 21 heavy (non-hydrogen) atoms. The van der Waals surface area contributed by atoms with Crippen LogP contribution in [0.15, 0.2) is 0 Å². The second kappa shape index (κ2) is 8.52. The van der Waals surface area contributed by atoms with Crippen molar-refractivity contribution < 1.29 is 33.1 Å². The number of aliphatic hydroxyl groups is 1. The first-order valence-electron chi connectivity index (χ1n) is 6.05. The van der Waals surface area contributed by atoms with E-state index in [4.69, 9.17) is 33.5 Å². The number of nitrogens with zero attached hydrogens (tertiary/aromatic N) is 1. The van der Waals surface area contributed by atoms with Crippen molar-refractivity contribution in [3.63, 3.8) is 0 Å². The zero-order valence-electron chi connectivity index (χ0n) is 11.1. The maximum absolute atomic E-state index is 11.8. The monoisotopic (exact) mass is 315 g/mol. The number of rotatable bonds is 8. The van der Waals surface area contributed by atoms with E-state index in [0.717, 1.165) is 0 Å². The highest BCUT2D eigenvalue weighted by molar-refractivity contribution is 7.47. The molecule has 1 fully saturated rings. The molecular formula is C11H15BNO7P. The predicted octanol–water partition coefficient (Wildman–Crippen LogP) is -0.694. The van der Waals surface area contributed by atoms with Crippen LogP contribution in [0.5, 0.6) is 0 Å². The van der Waals surface area contributed by atoms with Crippen molar-refractivity contribution in [2.45, 2.75) is 30.7 Å². The fourth-order valence-corrected chi connectivity index (χ4v) is 2.70. The van der Waals surface area contributed by atoms with Gasteiger partial charge in [-0.1, -0.05) is 5.92 Å². The molecule has 0 aromatic heterocycles. The van der Waals surface area contributed by atoms with Gasteiger partial charge in [-0.2, -0.15) is 5.26 Å². The zero-order valence-corrected chi connectivity index (χ0v) is 12.0. The predicted molar refractivity (Wildman–Crippen MR) is 71.0 cm³/mol. The SMILES string of the molecule is [B][C@@H]1O[C@H](CO)C(OP(=O)(O)OCCC#N)C1OCC#C. The van der Waals surface area contributed by atoms with Gasteiger partial charge in [0.15, 0.2) is 0 Å². The van der Waals surface area contributed by atoms with Crippen LogP contribution < -0.4 is 0 Å². The first kappa shape index (κ1) is 18.2. The second-order valence-corrected chi connectivity index (χ2v) is 5.49. The number of aliphatic hydroxyl groups excluding tert-OH is 1. The van der Waals surface area contributed by atoms with Gasteiger partial charge in [0, 0.05) is 6.00 Å². The second-order valence-electron chi connectivity index (χ2n) is 4.08. The number of hydrogen-bond donors (Lipinski definition) is 2. The van der Waals surface area contributed by atoms with E-state index in [-0.39, 0.29) is 19.6 Å². The maximum atomic E-state index is 11.8. The Bertz CT molecular complexity index is 462. The molecule has 1 saturated heterocycles. The summed E-state index contributed by atoms with van der Waals surface area (Å²) in [6.45, 7) is -0.874.